The average molecular weight is 295 g/mol. The minimum Gasteiger partial charge on any atom is -0.378 e. The molecule has 0 saturated carbocycles. The van der Waals surface area contributed by atoms with Gasteiger partial charge in [-0.05, 0) is 43.5 Å². The van der Waals surface area contributed by atoms with Gasteiger partial charge in [-0.25, -0.2) is 0 Å². The Morgan fingerprint density at radius 3 is 3.10 bits per heavy atom. The van der Waals surface area contributed by atoms with Gasteiger partial charge in [0.05, 0.1) is 12.5 Å². The van der Waals surface area contributed by atoms with Gasteiger partial charge >= 0.3 is 0 Å². The molecule has 1 aromatic carbocycles. The first-order valence-electron chi connectivity index (χ1n) is 7.08. The highest BCUT2D eigenvalue weighted by Crippen LogP contribution is 2.35. The molecule has 0 radical (unpaired) electrons. The Kier molecular flexibility index (Phi) is 3.96. The molecule has 2 aliphatic heterocycles. The van der Waals surface area contributed by atoms with Crippen LogP contribution in [0.2, 0.25) is 5.02 Å². The van der Waals surface area contributed by atoms with E-state index in [1.54, 1.807) is 0 Å². The summed E-state index contributed by atoms with van der Waals surface area (Å²) in [7, 11) is 1.94. The molecule has 2 unspecified atom stereocenters. The number of hydrogen-bond donors (Lipinski definition) is 2. The zero-order valence-electron chi connectivity index (χ0n) is 11.5. The molecule has 0 aromatic heterocycles. The number of benzene rings is 1. The second kappa shape index (κ2) is 5.72. The van der Waals surface area contributed by atoms with Gasteiger partial charge in [0, 0.05) is 23.4 Å². The summed E-state index contributed by atoms with van der Waals surface area (Å²) in [5.41, 5.74) is 2.93. The molecule has 0 aliphatic carbocycles. The molecule has 2 N–H and O–H groups in total. The van der Waals surface area contributed by atoms with Crippen molar-refractivity contribution in [3.05, 3.63) is 28.3 Å². The molecule has 108 valence electrons. The molecule has 4 nitrogen and oxygen atoms in total. The number of amides is 1. The van der Waals surface area contributed by atoms with Gasteiger partial charge in [0.25, 0.3) is 0 Å². The van der Waals surface area contributed by atoms with Crippen molar-refractivity contribution in [2.45, 2.75) is 37.8 Å². The minimum absolute atomic E-state index is 0.0355. The maximum absolute atomic E-state index is 11.5. The van der Waals surface area contributed by atoms with E-state index >= 15 is 0 Å². The number of carbonyl (C=O) groups excluding carboxylic acids is 1. The standard InChI is InChI=1S/C15H19ClN2O2/c1-17-14(7-10-3-2-4-20-10)11-5-9-6-15(19)18-13(9)8-12(11)16/h5,8,10,14,17H,2-4,6-7H2,1H3,(H,18,19). The first-order valence-corrected chi connectivity index (χ1v) is 7.46. The molecule has 1 aromatic rings. The lowest BCUT2D eigenvalue weighted by molar-refractivity contribution is -0.115. The van der Waals surface area contributed by atoms with E-state index in [4.69, 9.17) is 16.3 Å². The number of rotatable bonds is 4. The predicted molar refractivity (Wildman–Crippen MR) is 79.2 cm³/mol. The fraction of sp³-hybridized carbons (Fsp3) is 0.533. The highest BCUT2D eigenvalue weighted by Gasteiger charge is 2.25. The molecule has 1 fully saturated rings. The zero-order chi connectivity index (χ0) is 14.1. The van der Waals surface area contributed by atoms with Crippen LogP contribution in [-0.4, -0.2) is 25.7 Å². The second-order valence-corrected chi connectivity index (χ2v) is 5.88. The molecule has 2 aliphatic rings. The van der Waals surface area contributed by atoms with Crippen molar-refractivity contribution in [2.75, 3.05) is 19.0 Å². The van der Waals surface area contributed by atoms with Crippen LogP contribution in [0.5, 0.6) is 0 Å². The molecule has 2 atom stereocenters. The van der Waals surface area contributed by atoms with Gasteiger partial charge in [-0.1, -0.05) is 17.7 Å². The van der Waals surface area contributed by atoms with Crippen molar-refractivity contribution < 1.29 is 9.53 Å². The topological polar surface area (TPSA) is 50.4 Å². The van der Waals surface area contributed by atoms with Crippen molar-refractivity contribution in [3.8, 4) is 0 Å². The van der Waals surface area contributed by atoms with E-state index in [0.29, 0.717) is 17.5 Å². The van der Waals surface area contributed by atoms with Crippen LogP contribution in [-0.2, 0) is 16.0 Å². The third-order valence-electron chi connectivity index (χ3n) is 4.09. The normalized spacial score (nSPS) is 22.7. The maximum atomic E-state index is 11.5. The highest BCUT2D eigenvalue weighted by molar-refractivity contribution is 6.32. The van der Waals surface area contributed by atoms with E-state index < -0.39 is 0 Å². The molecule has 0 bridgehead atoms. The number of ether oxygens (including phenoxy) is 1. The van der Waals surface area contributed by atoms with Gasteiger partial charge in [0.1, 0.15) is 0 Å². The molecular formula is C15H19ClN2O2. The number of anilines is 1. The van der Waals surface area contributed by atoms with Crippen LogP contribution in [0, 0.1) is 0 Å². The highest BCUT2D eigenvalue weighted by atomic mass is 35.5. The SMILES string of the molecule is CNC(CC1CCCO1)c1cc2c(cc1Cl)NC(=O)C2. The van der Waals surface area contributed by atoms with Crippen LogP contribution in [0.15, 0.2) is 12.1 Å². The third kappa shape index (κ3) is 2.68. The number of nitrogens with one attached hydrogen (secondary N) is 2. The van der Waals surface area contributed by atoms with Crippen LogP contribution in [0.3, 0.4) is 0 Å². The average Bonchev–Trinajstić information content (AvgIpc) is 3.03. The van der Waals surface area contributed by atoms with Crippen molar-refractivity contribution >= 4 is 23.2 Å². The summed E-state index contributed by atoms with van der Waals surface area (Å²) >= 11 is 6.38. The Bertz CT molecular complexity index is 527. The molecule has 3 rings (SSSR count). The Hall–Kier alpha value is -1.10. The van der Waals surface area contributed by atoms with Crippen LogP contribution in [0.25, 0.3) is 0 Å². The lowest BCUT2D eigenvalue weighted by Gasteiger charge is -2.22. The Labute approximate surface area is 123 Å². The molecule has 2 heterocycles. The van der Waals surface area contributed by atoms with E-state index in [0.717, 1.165) is 42.7 Å². The number of hydrogen-bond acceptors (Lipinski definition) is 3. The lowest BCUT2D eigenvalue weighted by Crippen LogP contribution is -2.22. The monoisotopic (exact) mass is 294 g/mol. The fourth-order valence-corrected chi connectivity index (χ4v) is 3.32. The zero-order valence-corrected chi connectivity index (χ0v) is 12.3. The predicted octanol–water partition coefficient (Wildman–Crippen LogP) is 2.66. The van der Waals surface area contributed by atoms with Crippen molar-refractivity contribution in [1.82, 2.24) is 5.32 Å². The van der Waals surface area contributed by atoms with Crippen LogP contribution in [0.4, 0.5) is 5.69 Å². The maximum Gasteiger partial charge on any atom is 0.228 e. The first kappa shape index (κ1) is 13.9. The number of halogens is 1. The van der Waals surface area contributed by atoms with Gasteiger partial charge in [0.2, 0.25) is 5.91 Å². The third-order valence-corrected chi connectivity index (χ3v) is 4.42. The van der Waals surface area contributed by atoms with E-state index in [1.165, 1.54) is 0 Å². The van der Waals surface area contributed by atoms with Crippen LogP contribution in [0.1, 0.15) is 36.4 Å². The molecule has 5 heteroatoms. The molecule has 20 heavy (non-hydrogen) atoms. The van der Waals surface area contributed by atoms with Crippen LogP contribution < -0.4 is 10.6 Å². The van der Waals surface area contributed by atoms with Crippen molar-refractivity contribution in [3.63, 3.8) is 0 Å². The first-order chi connectivity index (χ1) is 9.67. The smallest absolute Gasteiger partial charge is 0.228 e. The van der Waals surface area contributed by atoms with Gasteiger partial charge in [-0.3, -0.25) is 4.79 Å². The second-order valence-electron chi connectivity index (χ2n) is 5.47. The molecule has 1 saturated heterocycles. The van der Waals surface area contributed by atoms with E-state index in [2.05, 4.69) is 10.6 Å². The van der Waals surface area contributed by atoms with Crippen molar-refractivity contribution in [1.29, 1.82) is 0 Å². The summed E-state index contributed by atoms with van der Waals surface area (Å²) in [6.07, 6.45) is 3.90. The molecule has 1 amide bonds. The minimum atomic E-state index is 0.0355. The molecule has 0 spiro atoms. The summed E-state index contributed by atoms with van der Waals surface area (Å²) in [6.45, 7) is 0.859. The fourth-order valence-electron chi connectivity index (χ4n) is 3.03. The van der Waals surface area contributed by atoms with Gasteiger partial charge in [-0.2, -0.15) is 0 Å². The Morgan fingerprint density at radius 2 is 2.40 bits per heavy atom. The van der Waals surface area contributed by atoms with Gasteiger partial charge in [0.15, 0.2) is 0 Å². The van der Waals surface area contributed by atoms with Gasteiger partial charge in [-0.15, -0.1) is 0 Å². The summed E-state index contributed by atoms with van der Waals surface area (Å²) in [5.74, 6) is 0.0355. The number of carbonyl (C=O) groups is 1. The summed E-state index contributed by atoms with van der Waals surface area (Å²) in [5, 5.41) is 6.84. The van der Waals surface area contributed by atoms with E-state index in [9.17, 15) is 4.79 Å². The van der Waals surface area contributed by atoms with E-state index in [-0.39, 0.29) is 11.9 Å². The summed E-state index contributed by atoms with van der Waals surface area (Å²) < 4.78 is 5.71. The largest absolute Gasteiger partial charge is 0.378 e. The number of fused-ring (bicyclic) bond motifs is 1. The Balaban J connectivity index is 1.84. The summed E-state index contributed by atoms with van der Waals surface area (Å²) in [6, 6.07) is 4.06. The Morgan fingerprint density at radius 1 is 1.55 bits per heavy atom. The van der Waals surface area contributed by atoms with Gasteiger partial charge < -0.3 is 15.4 Å². The van der Waals surface area contributed by atoms with Crippen molar-refractivity contribution in [2.24, 2.45) is 0 Å². The summed E-state index contributed by atoms with van der Waals surface area (Å²) in [4.78, 5) is 11.5. The van der Waals surface area contributed by atoms with Crippen LogP contribution >= 0.6 is 11.6 Å². The lowest BCUT2D eigenvalue weighted by atomic mass is 9.97. The quantitative estimate of drug-likeness (QED) is 0.897. The van der Waals surface area contributed by atoms with E-state index in [1.807, 2.05) is 19.2 Å². The molecular weight excluding hydrogens is 276 g/mol.